The second-order valence-electron chi connectivity index (χ2n) is 6.91. The number of hydrogen-bond acceptors (Lipinski definition) is 3. The van der Waals surface area contributed by atoms with E-state index >= 15 is 0 Å². The van der Waals surface area contributed by atoms with Crippen LogP contribution >= 0.6 is 0 Å². The predicted molar refractivity (Wildman–Crippen MR) is 86.8 cm³/mol. The summed E-state index contributed by atoms with van der Waals surface area (Å²) in [5.74, 6) is 1.94. The number of benzene rings is 1. The fourth-order valence-electron chi connectivity index (χ4n) is 4.38. The fraction of sp³-hybridized carbons (Fsp3) is 0.579. The van der Waals surface area contributed by atoms with Crippen molar-refractivity contribution in [2.75, 3.05) is 20.3 Å². The topological polar surface area (TPSA) is 38.7 Å². The van der Waals surface area contributed by atoms with E-state index in [-0.39, 0.29) is 18.1 Å². The highest BCUT2D eigenvalue weighted by Crippen LogP contribution is 2.55. The molecule has 0 spiro atoms. The largest absolute Gasteiger partial charge is 0.497 e. The molecule has 1 aliphatic carbocycles. The average Bonchev–Trinajstić information content (AvgIpc) is 2.53. The molecule has 0 unspecified atom stereocenters. The van der Waals surface area contributed by atoms with E-state index in [1.807, 2.05) is 12.1 Å². The summed E-state index contributed by atoms with van der Waals surface area (Å²) >= 11 is 0. The van der Waals surface area contributed by atoms with Crippen LogP contribution in [0.5, 0.6) is 5.75 Å². The number of hydrogen-bond donors (Lipinski definition) is 1. The van der Waals surface area contributed by atoms with E-state index in [0.717, 1.165) is 5.75 Å². The van der Waals surface area contributed by atoms with Crippen molar-refractivity contribution >= 4 is 0 Å². The van der Waals surface area contributed by atoms with Crippen LogP contribution in [0.3, 0.4) is 0 Å². The zero-order chi connectivity index (χ0) is 15.9. The highest BCUT2D eigenvalue weighted by atomic mass is 16.5. The Bertz CT molecular complexity index is 563. The lowest BCUT2D eigenvalue weighted by Gasteiger charge is -2.55. The lowest BCUT2D eigenvalue weighted by molar-refractivity contribution is -0.165. The molecule has 22 heavy (non-hydrogen) atoms. The Hall–Kier alpha value is -1.32. The molecule has 1 aliphatic heterocycles. The first kappa shape index (κ1) is 15.6. The van der Waals surface area contributed by atoms with Gasteiger partial charge in [0, 0.05) is 11.3 Å². The Morgan fingerprint density at radius 3 is 2.55 bits per heavy atom. The van der Waals surface area contributed by atoms with Crippen molar-refractivity contribution in [1.82, 2.24) is 0 Å². The molecule has 2 bridgehead atoms. The van der Waals surface area contributed by atoms with Crippen LogP contribution in [0.2, 0.25) is 0 Å². The molecule has 1 heterocycles. The monoisotopic (exact) mass is 302 g/mol. The van der Waals surface area contributed by atoms with Crippen LogP contribution in [0.1, 0.15) is 32.4 Å². The molecule has 1 aromatic rings. The molecule has 0 radical (unpaired) electrons. The third-order valence-electron chi connectivity index (χ3n) is 5.99. The second kappa shape index (κ2) is 5.71. The number of aliphatic hydroxyl groups excluding tert-OH is 1. The fourth-order valence-corrected chi connectivity index (χ4v) is 4.38. The Morgan fingerprint density at radius 1 is 1.27 bits per heavy atom. The first-order valence-corrected chi connectivity index (χ1v) is 8.08. The Morgan fingerprint density at radius 2 is 1.95 bits per heavy atom. The molecule has 3 nitrogen and oxygen atoms in total. The highest BCUT2D eigenvalue weighted by molar-refractivity contribution is 5.32. The summed E-state index contributed by atoms with van der Waals surface area (Å²) in [5.41, 5.74) is 2.42. The van der Waals surface area contributed by atoms with E-state index in [1.54, 1.807) is 7.11 Å². The first-order chi connectivity index (χ1) is 10.5. The second-order valence-corrected chi connectivity index (χ2v) is 6.91. The van der Waals surface area contributed by atoms with Gasteiger partial charge in [-0.2, -0.15) is 0 Å². The van der Waals surface area contributed by atoms with Crippen molar-refractivity contribution in [1.29, 1.82) is 0 Å². The van der Waals surface area contributed by atoms with E-state index in [1.165, 1.54) is 11.1 Å². The van der Waals surface area contributed by atoms with Crippen LogP contribution in [0.15, 0.2) is 35.9 Å². The van der Waals surface area contributed by atoms with Gasteiger partial charge in [-0.1, -0.05) is 37.6 Å². The summed E-state index contributed by atoms with van der Waals surface area (Å²) in [5, 5.41) is 10.0. The standard InChI is InChI=1S/C19H26O3/c1-12-9-13(2)19(10-20)11-22-18(17(12)14(19)3)15-5-7-16(21-4)8-6-15/h5-9,13-14,17-18,20H,10-11H2,1-4H3/t13-,14-,17-,18-,19+/m0/s1. The Balaban J connectivity index is 1.97. The lowest BCUT2D eigenvalue weighted by atomic mass is 9.56. The number of methoxy groups -OCH3 is 1. The summed E-state index contributed by atoms with van der Waals surface area (Å²) in [7, 11) is 1.68. The Kier molecular flexibility index (Phi) is 4.04. The van der Waals surface area contributed by atoms with Crippen LogP contribution in [0.4, 0.5) is 0 Å². The number of fused-ring (bicyclic) bond motifs is 2. The quantitative estimate of drug-likeness (QED) is 0.867. The molecule has 1 N–H and O–H groups in total. The molecule has 1 aromatic carbocycles. The Labute approximate surface area is 132 Å². The van der Waals surface area contributed by atoms with Gasteiger partial charge in [-0.05, 0) is 36.5 Å². The maximum Gasteiger partial charge on any atom is 0.118 e. The third-order valence-corrected chi connectivity index (χ3v) is 5.99. The van der Waals surface area contributed by atoms with Crippen LogP contribution < -0.4 is 4.74 Å². The summed E-state index contributed by atoms with van der Waals surface area (Å²) in [6, 6.07) is 8.16. The molecular weight excluding hydrogens is 276 g/mol. The van der Waals surface area contributed by atoms with Gasteiger partial charge in [0.1, 0.15) is 5.75 Å². The van der Waals surface area contributed by atoms with Crippen molar-refractivity contribution < 1.29 is 14.6 Å². The molecular formula is C19H26O3. The molecule has 1 saturated heterocycles. The van der Waals surface area contributed by atoms with Crippen LogP contribution in [0.25, 0.3) is 0 Å². The van der Waals surface area contributed by atoms with Crippen molar-refractivity contribution in [2.24, 2.45) is 23.2 Å². The smallest absolute Gasteiger partial charge is 0.118 e. The van der Waals surface area contributed by atoms with Gasteiger partial charge >= 0.3 is 0 Å². The summed E-state index contributed by atoms with van der Waals surface area (Å²) in [6.07, 6.45) is 2.39. The summed E-state index contributed by atoms with van der Waals surface area (Å²) in [6.45, 7) is 7.47. The third kappa shape index (κ3) is 2.19. The van der Waals surface area contributed by atoms with Crippen molar-refractivity contribution in [3.63, 3.8) is 0 Å². The molecule has 0 amide bonds. The van der Waals surface area contributed by atoms with Gasteiger partial charge in [-0.3, -0.25) is 0 Å². The minimum absolute atomic E-state index is 0.0596. The first-order valence-electron chi connectivity index (χ1n) is 8.08. The van der Waals surface area contributed by atoms with Crippen LogP contribution in [-0.2, 0) is 4.74 Å². The lowest BCUT2D eigenvalue weighted by Crippen LogP contribution is -2.53. The van der Waals surface area contributed by atoms with E-state index in [9.17, 15) is 5.11 Å². The SMILES string of the molecule is COc1ccc([C@@H]2OC[C@]3(CO)[C@@H](C)C=C(C)[C@H]2[C@@H]3C)cc1. The van der Waals surface area contributed by atoms with E-state index < -0.39 is 0 Å². The van der Waals surface area contributed by atoms with Gasteiger partial charge < -0.3 is 14.6 Å². The zero-order valence-corrected chi connectivity index (χ0v) is 13.9. The molecule has 2 aliphatic rings. The van der Waals surface area contributed by atoms with Gasteiger partial charge in [-0.15, -0.1) is 0 Å². The minimum atomic E-state index is -0.146. The molecule has 0 saturated carbocycles. The van der Waals surface area contributed by atoms with Crippen LogP contribution in [0, 0.1) is 23.2 Å². The number of aliphatic hydroxyl groups is 1. The maximum atomic E-state index is 10.0. The van der Waals surface area contributed by atoms with Crippen molar-refractivity contribution in [3.8, 4) is 5.75 Å². The molecule has 1 fully saturated rings. The van der Waals surface area contributed by atoms with Gasteiger partial charge in [0.05, 0.1) is 26.4 Å². The molecule has 3 rings (SSSR count). The van der Waals surface area contributed by atoms with Crippen molar-refractivity contribution in [3.05, 3.63) is 41.5 Å². The molecule has 0 aromatic heterocycles. The van der Waals surface area contributed by atoms with Crippen LogP contribution in [-0.4, -0.2) is 25.4 Å². The number of rotatable bonds is 3. The van der Waals surface area contributed by atoms with Gasteiger partial charge in [0.25, 0.3) is 0 Å². The van der Waals surface area contributed by atoms with E-state index in [4.69, 9.17) is 9.47 Å². The van der Waals surface area contributed by atoms with E-state index in [2.05, 4.69) is 39.0 Å². The predicted octanol–water partition coefficient (Wildman–Crippen LogP) is 3.59. The molecule has 3 heteroatoms. The van der Waals surface area contributed by atoms with Gasteiger partial charge in [0.2, 0.25) is 0 Å². The van der Waals surface area contributed by atoms with Gasteiger partial charge in [-0.25, -0.2) is 0 Å². The maximum absolute atomic E-state index is 10.0. The zero-order valence-electron chi connectivity index (χ0n) is 13.9. The minimum Gasteiger partial charge on any atom is -0.497 e. The number of allylic oxidation sites excluding steroid dienone is 1. The molecule has 120 valence electrons. The highest BCUT2D eigenvalue weighted by Gasteiger charge is 2.53. The average molecular weight is 302 g/mol. The van der Waals surface area contributed by atoms with Gasteiger partial charge in [0.15, 0.2) is 0 Å². The molecule has 5 atom stereocenters. The number of ether oxygens (including phenoxy) is 2. The van der Waals surface area contributed by atoms with Crippen molar-refractivity contribution in [2.45, 2.75) is 26.9 Å². The normalized spacial score (nSPS) is 37.6. The summed E-state index contributed by atoms with van der Waals surface area (Å²) in [4.78, 5) is 0. The van der Waals surface area contributed by atoms with E-state index in [0.29, 0.717) is 24.4 Å². The summed E-state index contributed by atoms with van der Waals surface area (Å²) < 4.78 is 11.5.